The average Bonchev–Trinajstić information content (AvgIpc) is 0.796. The maximum Gasteiger partial charge on any atom is 0.321 e. The van der Waals surface area contributed by atoms with Crippen LogP contribution in [0, 0.1) is 17.8 Å². The standard InChI is InChI=1S/C59H97NO41S2.C20H32O7S2/c1-19(66)3-5-86-7-8-87-6-4-21(67)9-20(51(82)83)15-102-17-28-49-35(73)42(80)58(93-28)98-47-26(13-64)89-55(38(76)31(47)69)97-46-25(12-63)92-57(41(79)34(46)72)101-50-29(18-103-16-22(60-2)52(84)85)94-59(43(81)36(50)74)99-48-27(14-65)90-54(39(77)32(48)70)95-44-23(10-61)88-53(37(75)30(44)68)96-45-24(11-62)91-56(100-49)40(78)33(45)71;1-3-14(19(23)24)11-28-17-4-5-18(17)29-12-15(20(25)26)10-16(22)7-9-27-8-6-13(2)21/h20,22-50,53-65,68-81H,3-18H2,1-2H3,(H,82,83)(H,84,85);14-15,17-18H,3-12H2,1-2H3,(H,23,24)(H,25,26)/t20-,22-,23?,24?,25?,26?,27?,28?,29?,30-,31-,32-,33-,34-,35-,36-,37?,38?,39?,40?,41?,42?,43?,44-,45-,46-,47-,48-,49-,50-,53-,54-,55+,56+,57+,58-,59+;/m1./s1. The van der Waals surface area contributed by atoms with E-state index in [1.807, 2.05) is 6.92 Å². The molecular formula is C79H129NO48S4. The fourth-order valence-corrected chi connectivity index (χ4v) is 21.1. The Morgan fingerprint density at radius 2 is 0.561 bits per heavy atom. The van der Waals surface area contributed by atoms with E-state index in [1.165, 1.54) is 20.9 Å². The Labute approximate surface area is 774 Å². The number of rotatable bonds is 44. The van der Waals surface area contributed by atoms with Crippen LogP contribution in [0.5, 0.6) is 0 Å². The third kappa shape index (κ3) is 31.2. The van der Waals surface area contributed by atoms with E-state index >= 15 is 0 Å². The maximum atomic E-state index is 13.0. The molecule has 1 saturated carbocycles. The number of ketones is 4. The van der Waals surface area contributed by atoms with Crippen LogP contribution >= 0.6 is 47.0 Å². The number of Topliss-reactive ketones (excluding diaryl/α,β-unsaturated/α-hetero) is 4. The van der Waals surface area contributed by atoms with E-state index in [0.717, 1.165) is 36.4 Å². The first-order chi connectivity index (χ1) is 62.8. The van der Waals surface area contributed by atoms with Crippen LogP contribution in [0.1, 0.15) is 78.6 Å². The van der Waals surface area contributed by atoms with Crippen LogP contribution in [-0.2, 0) is 119 Å². The second kappa shape index (κ2) is 55.6. The van der Waals surface area contributed by atoms with Gasteiger partial charge in [0.15, 0.2) is 44.0 Å². The van der Waals surface area contributed by atoms with E-state index in [2.05, 4.69) is 5.32 Å². The van der Waals surface area contributed by atoms with Gasteiger partial charge < -0.3 is 203 Å². The number of aliphatic hydroxyl groups excluding tert-OH is 19. The molecule has 0 amide bonds. The van der Waals surface area contributed by atoms with Crippen molar-refractivity contribution in [1.82, 2.24) is 5.32 Å². The monoisotopic (exact) mass is 1990 g/mol. The molecule has 53 heteroatoms. The van der Waals surface area contributed by atoms with Gasteiger partial charge in [-0.15, -0.1) is 0 Å². The summed E-state index contributed by atoms with van der Waals surface area (Å²) in [6.45, 7) is -0.0778. The molecule has 21 saturated heterocycles. The van der Waals surface area contributed by atoms with E-state index in [9.17, 15) is 151 Å². The summed E-state index contributed by atoms with van der Waals surface area (Å²) < 4.78 is 98.5. The number of ether oxygens (including phenoxy) is 17. The molecule has 22 aliphatic rings. The second-order valence-corrected chi connectivity index (χ2v) is 37.8. The fraction of sp³-hybridized carbons (Fsp3) is 0.899. The van der Waals surface area contributed by atoms with Crippen LogP contribution in [-0.4, -0.2) is 510 Å². The molecule has 21 heterocycles. The normalized spacial score (nSPS) is 39.5. The topological polar surface area (TPSA) is 771 Å². The lowest BCUT2D eigenvalue weighted by Crippen LogP contribution is -2.68. The molecule has 132 heavy (non-hydrogen) atoms. The Balaban J connectivity index is 0.000000629. The van der Waals surface area contributed by atoms with Crippen LogP contribution in [0.3, 0.4) is 0 Å². The number of carboxylic acid groups (broad SMARTS) is 4. The molecule has 24 N–H and O–H groups in total. The third-order valence-electron chi connectivity index (χ3n) is 23.5. The summed E-state index contributed by atoms with van der Waals surface area (Å²) in [5.41, 5.74) is 0. The Bertz CT molecular complexity index is 3520. The van der Waals surface area contributed by atoms with Gasteiger partial charge in [0.25, 0.3) is 0 Å². The molecule has 18 unspecified atom stereocenters. The quantitative estimate of drug-likeness (QED) is 0.0252. The number of thioether (sulfide) groups is 4. The molecule has 49 nitrogen and oxygen atoms in total. The van der Waals surface area contributed by atoms with E-state index in [-0.39, 0.29) is 106 Å². The van der Waals surface area contributed by atoms with Crippen LogP contribution in [0.4, 0.5) is 0 Å². The Morgan fingerprint density at radius 3 is 0.803 bits per heavy atom. The van der Waals surface area contributed by atoms with Gasteiger partial charge in [-0.3, -0.25) is 38.4 Å². The minimum absolute atomic E-state index is 0.0140. The third-order valence-corrected chi connectivity index (χ3v) is 29.2. The highest BCUT2D eigenvalue weighted by Gasteiger charge is 2.60. The van der Waals surface area contributed by atoms with E-state index < -0.39 is 308 Å². The SMILES string of the molecule is CCC(CSC1CCC1SCC(CC(=O)CCOCCC(C)=O)C(=O)O)C(=O)O.CN[C@H](CSCC1O[C@H]2O[C@@H]3C(CO)O[C@H](O[C@@H]4C(CO)O[C@H](O[C@@H]5C(CO)O[C@@H](O[C@@H]6C(CSC[C@@H](CC(=O)CCOCCOCCC(C)=O)C(=O)O)O[C@H](O[C@@H]7C(CO)O[C@@H](O[C@@H]8C(CO)O[C@@H](O[C@H]1[C@H](O)C2O)C(O)[C@H]8O)C(O)[C@H]7O)C(O)[C@H]6O)C(O)[C@H]5O)C(O)[C@H]4O)C(O)[C@H]3O)C(=O)O. The van der Waals surface area contributed by atoms with Crippen molar-refractivity contribution in [2.75, 3.05) is 114 Å². The predicted molar refractivity (Wildman–Crippen MR) is 446 cm³/mol. The number of likely N-dealkylation sites (N-methyl/N-ethyl adjacent to an activating group) is 1. The van der Waals surface area contributed by atoms with Crippen LogP contribution in [0.25, 0.3) is 0 Å². The molecule has 22 fully saturated rings. The summed E-state index contributed by atoms with van der Waals surface area (Å²) in [4.78, 5) is 94.2. The highest BCUT2D eigenvalue weighted by molar-refractivity contribution is 8.04. The lowest BCUT2D eigenvalue weighted by molar-refractivity contribution is -0.395. The van der Waals surface area contributed by atoms with Crippen LogP contribution < -0.4 is 5.32 Å². The van der Waals surface area contributed by atoms with Crippen molar-refractivity contribution in [1.29, 1.82) is 0 Å². The first kappa shape index (κ1) is 114. The van der Waals surface area contributed by atoms with Crippen molar-refractivity contribution < 1.29 is 236 Å². The molecule has 0 aromatic heterocycles. The second-order valence-electron chi connectivity index (χ2n) is 33.1. The Kier molecular flexibility index (Phi) is 47.9. The number of hydrogen-bond donors (Lipinski definition) is 24. The molecule has 0 radical (unpaired) electrons. The molecule has 22 rings (SSSR count). The van der Waals surface area contributed by atoms with Crippen molar-refractivity contribution in [3.8, 4) is 0 Å². The minimum Gasteiger partial charge on any atom is -0.481 e. The summed E-state index contributed by atoms with van der Waals surface area (Å²) in [5, 5.41) is 259. The molecule has 1 aliphatic carbocycles. The minimum atomic E-state index is -2.31. The summed E-state index contributed by atoms with van der Waals surface area (Å²) >= 11 is 4.91. The fourth-order valence-electron chi connectivity index (χ4n) is 15.4. The summed E-state index contributed by atoms with van der Waals surface area (Å²) in [5.74, 6) is -8.04. The first-order valence-electron chi connectivity index (χ1n) is 43.2. The van der Waals surface area contributed by atoms with Gasteiger partial charge in [-0.1, -0.05) is 6.92 Å². The van der Waals surface area contributed by atoms with Crippen LogP contribution in [0.15, 0.2) is 0 Å². The summed E-state index contributed by atoms with van der Waals surface area (Å²) in [6.07, 6.45) is -70.0. The smallest absolute Gasteiger partial charge is 0.321 e. The number of aliphatic carboxylic acids is 4. The molecule has 0 aromatic rings. The Morgan fingerprint density at radius 1 is 0.318 bits per heavy atom. The first-order valence-corrected chi connectivity index (χ1v) is 47.6. The molecule has 0 spiro atoms. The van der Waals surface area contributed by atoms with E-state index in [0.29, 0.717) is 34.8 Å². The van der Waals surface area contributed by atoms with Gasteiger partial charge in [0.05, 0.1) is 103 Å². The maximum absolute atomic E-state index is 13.0. The van der Waals surface area contributed by atoms with Gasteiger partial charge in [0.2, 0.25) is 0 Å². The van der Waals surface area contributed by atoms with Crippen molar-refractivity contribution in [2.24, 2.45) is 17.8 Å². The van der Waals surface area contributed by atoms with E-state index in [1.54, 1.807) is 23.5 Å². The van der Waals surface area contributed by atoms with Crippen molar-refractivity contribution in [2.45, 2.75) is 310 Å². The van der Waals surface area contributed by atoms with Crippen molar-refractivity contribution in [3.63, 3.8) is 0 Å². The number of carboxylic acids is 4. The largest absolute Gasteiger partial charge is 0.481 e. The van der Waals surface area contributed by atoms with Crippen LogP contribution in [0.2, 0.25) is 0 Å². The summed E-state index contributed by atoms with van der Waals surface area (Å²) in [7, 11) is 1.35. The highest BCUT2D eigenvalue weighted by atomic mass is 32.2. The zero-order valence-electron chi connectivity index (χ0n) is 72.7. The molecular weight excluding hydrogens is 1860 g/mol. The van der Waals surface area contributed by atoms with Gasteiger partial charge in [0, 0.05) is 83.5 Å². The number of nitrogens with one attached hydrogen (secondary N) is 1. The highest BCUT2D eigenvalue weighted by Crippen LogP contribution is 2.44. The van der Waals surface area contributed by atoms with E-state index in [4.69, 9.17) is 85.6 Å². The Hall–Kier alpha value is -3.52. The van der Waals surface area contributed by atoms with Gasteiger partial charge in [-0.25, -0.2) is 0 Å². The van der Waals surface area contributed by atoms with Gasteiger partial charge in [-0.2, -0.15) is 47.0 Å². The predicted octanol–water partition coefficient (Wildman–Crippen LogP) is -9.87. The average molecular weight is 1990 g/mol. The molecule has 21 aliphatic heterocycles. The number of carbonyl (C=O) groups is 8. The number of aliphatic hydroxyl groups is 19. The van der Waals surface area contributed by atoms with Gasteiger partial charge in [-0.05, 0) is 40.2 Å². The molecule has 0 aromatic carbocycles. The zero-order chi connectivity index (χ0) is 97.2. The van der Waals surface area contributed by atoms with Gasteiger partial charge in [0.1, 0.15) is 188 Å². The summed E-state index contributed by atoms with van der Waals surface area (Å²) in [6, 6.07) is -1.18. The number of carbonyl (C=O) groups excluding carboxylic acids is 4. The van der Waals surface area contributed by atoms with Gasteiger partial charge >= 0.3 is 23.9 Å². The number of hydrogen-bond acceptors (Lipinski definition) is 49. The zero-order valence-corrected chi connectivity index (χ0v) is 75.9. The molecule has 762 valence electrons. The lowest BCUT2D eigenvalue weighted by Gasteiger charge is -2.50. The van der Waals surface area contributed by atoms with Crippen molar-refractivity contribution >= 4 is 94.1 Å². The lowest BCUT2D eigenvalue weighted by atomic mass is 9.95. The molecule has 14 bridgehead atoms. The molecule has 41 atom stereocenters. The van der Waals surface area contributed by atoms with Crippen molar-refractivity contribution in [3.05, 3.63) is 0 Å².